The fraction of sp³-hybridized carbons (Fsp3) is 0.263. The molecule has 9 aromatic rings. The van der Waals surface area contributed by atoms with E-state index in [1.165, 1.54) is 41.1 Å². The van der Waals surface area contributed by atoms with Crippen LogP contribution in [-0.2, 0) is 44.0 Å². The number of hydrazone groups is 1. The number of aryl methyl sites for hydroxylation is 1. The second kappa shape index (κ2) is 34.9. The molecule has 0 bridgehead atoms. The molecular formula is C76H80N17NaO8S2. The molecule has 0 unspecified atom stereocenters. The number of rotatable bonds is 27. The summed E-state index contributed by atoms with van der Waals surface area (Å²) in [4.78, 5) is 35.9. The van der Waals surface area contributed by atoms with Crippen LogP contribution in [0.3, 0.4) is 0 Å². The summed E-state index contributed by atoms with van der Waals surface area (Å²) in [5, 5.41) is 38.0. The molecule has 0 fully saturated rings. The van der Waals surface area contributed by atoms with Gasteiger partial charge in [-0.2, -0.15) is 18.1 Å². The van der Waals surface area contributed by atoms with Crippen LogP contribution in [0.2, 0.25) is 0 Å². The Kier molecular flexibility index (Phi) is 25.7. The molecule has 0 radical (unpaired) electrons. The van der Waals surface area contributed by atoms with Crippen LogP contribution in [-0.4, -0.2) is 129 Å². The number of Topliss-reactive ketones (excluding diaryl/α,β-unsaturated/α-hetero) is 1. The van der Waals surface area contributed by atoms with Crippen molar-refractivity contribution in [3.63, 3.8) is 0 Å². The Morgan fingerprint density at radius 2 is 1.28 bits per heavy atom. The first-order valence-electron chi connectivity index (χ1n) is 33.7. The van der Waals surface area contributed by atoms with Gasteiger partial charge in [0.2, 0.25) is 17.3 Å². The largest absolute Gasteiger partial charge is 1.00 e. The number of hydrogen-bond acceptors (Lipinski definition) is 22. The van der Waals surface area contributed by atoms with E-state index in [2.05, 4.69) is 170 Å². The van der Waals surface area contributed by atoms with E-state index in [1.54, 1.807) is 36.7 Å². The summed E-state index contributed by atoms with van der Waals surface area (Å²) in [7, 11) is -8.40. The third kappa shape index (κ3) is 19.8. The number of aromatic nitrogens is 10. The number of allylic oxidation sites excluding steroid dienone is 8. The Balaban J connectivity index is 0.000000414. The summed E-state index contributed by atoms with van der Waals surface area (Å²) < 4.78 is 69.6. The van der Waals surface area contributed by atoms with Gasteiger partial charge in [0, 0.05) is 95.3 Å². The number of amides is 1. The average molecular weight is 1450 g/mol. The number of carbonyl (C=O) groups is 2. The molecule has 0 saturated carbocycles. The van der Waals surface area contributed by atoms with Crippen molar-refractivity contribution in [2.75, 3.05) is 40.3 Å². The predicted molar refractivity (Wildman–Crippen MR) is 397 cm³/mol. The van der Waals surface area contributed by atoms with E-state index < -0.39 is 26.0 Å². The van der Waals surface area contributed by atoms with Gasteiger partial charge in [-0.25, -0.2) is 24.2 Å². The zero-order chi connectivity index (χ0) is 72.6. The van der Waals surface area contributed by atoms with Crippen LogP contribution in [0.25, 0.3) is 28.3 Å². The number of benzene rings is 5. The number of hydrogen-bond donors (Lipinski definition) is 5. The fourth-order valence-corrected chi connectivity index (χ4v) is 14.0. The number of nitrogens with one attached hydrogen (secondary N) is 3. The van der Waals surface area contributed by atoms with Crippen molar-refractivity contribution in [2.45, 2.75) is 103 Å². The molecule has 3 aliphatic rings. The van der Waals surface area contributed by atoms with Crippen LogP contribution in [0.4, 0.5) is 23.0 Å². The monoisotopic (exact) mass is 1450 g/mol. The summed E-state index contributed by atoms with van der Waals surface area (Å²) in [6, 6.07) is 46.8. The molecule has 1 amide bonds. The first kappa shape index (κ1) is 76.5. The van der Waals surface area contributed by atoms with Crippen molar-refractivity contribution in [1.82, 2.24) is 56.1 Å². The number of para-hydroxylation sites is 2. The number of hydrazine groups is 1. The third-order valence-electron chi connectivity index (χ3n) is 18.3. The first-order valence-corrected chi connectivity index (χ1v) is 36.9. The smallest absolute Gasteiger partial charge is 1.00 e. The molecule has 530 valence electrons. The first-order chi connectivity index (χ1) is 49.6. The van der Waals surface area contributed by atoms with Crippen molar-refractivity contribution in [3.05, 3.63) is 256 Å². The molecule has 12 rings (SSSR count). The minimum absolute atomic E-state index is 0. The van der Waals surface area contributed by atoms with E-state index in [4.69, 9.17) is 5.84 Å². The van der Waals surface area contributed by atoms with Crippen LogP contribution < -0.4 is 56.5 Å². The van der Waals surface area contributed by atoms with Crippen molar-refractivity contribution in [1.29, 1.82) is 0 Å². The van der Waals surface area contributed by atoms with Gasteiger partial charge in [-0.05, 0) is 140 Å². The van der Waals surface area contributed by atoms with E-state index >= 15 is 0 Å². The SMILES string of the molecule is CC1(C)C(/C=C/C2=C(c3ccc(/C=N/Nc4ccc(C(=O)CCc5ccc(-c6nncnn6)cc5)cn4)cc3)C(=C/C=C3\N(CCCCS(=O)(=O)[O-])c4ccccc4C3(C)C)/CCC2)=[N+](CCCCS(=O)(=O)O)c2ccccc21.NNc1ccc(C(=O)NCc2ccc(-c3nncnn3)cc2)cn1.[H-].[Na+]. The molecule has 1 aliphatic carbocycles. The fourth-order valence-electron chi connectivity index (χ4n) is 12.9. The third-order valence-corrected chi connectivity index (χ3v) is 19.9. The topological polar surface area (TPSA) is 355 Å². The van der Waals surface area contributed by atoms with Gasteiger partial charge in [-0.15, -0.1) is 40.8 Å². The average Bonchev–Trinajstić information content (AvgIpc) is 1.61. The molecule has 104 heavy (non-hydrogen) atoms. The number of nitrogens with two attached hydrogens (primary N) is 1. The van der Waals surface area contributed by atoms with Crippen LogP contribution >= 0.6 is 0 Å². The summed E-state index contributed by atoms with van der Waals surface area (Å²) in [6.45, 7) is 10.4. The van der Waals surface area contributed by atoms with Gasteiger partial charge in [0.25, 0.3) is 16.0 Å². The number of nitrogen functional groups attached to an aromatic ring is 1. The number of unbranched alkanes of at least 4 members (excludes halogenated alkanes) is 2. The molecule has 25 nitrogen and oxygen atoms in total. The van der Waals surface area contributed by atoms with E-state index in [1.807, 2.05) is 84.9 Å². The molecule has 4 aromatic heterocycles. The second-order valence-corrected chi connectivity index (χ2v) is 29.1. The molecule has 0 saturated heterocycles. The Morgan fingerprint density at radius 3 is 1.91 bits per heavy atom. The van der Waals surface area contributed by atoms with Crippen LogP contribution in [0.15, 0.2) is 217 Å². The van der Waals surface area contributed by atoms with Gasteiger partial charge in [-0.1, -0.05) is 135 Å². The van der Waals surface area contributed by atoms with E-state index in [0.717, 1.165) is 81.0 Å². The summed E-state index contributed by atoms with van der Waals surface area (Å²) in [5.41, 5.74) is 21.3. The molecule has 2 aliphatic heterocycles. The second-order valence-electron chi connectivity index (χ2n) is 26.0. The van der Waals surface area contributed by atoms with E-state index in [9.17, 15) is 35.5 Å². The Bertz CT molecular complexity index is 4940. The normalized spacial score (nSPS) is 15.4. The van der Waals surface area contributed by atoms with Gasteiger partial charge >= 0.3 is 29.6 Å². The summed E-state index contributed by atoms with van der Waals surface area (Å²) in [5.74, 6) is 6.19. The molecule has 28 heteroatoms. The summed E-state index contributed by atoms with van der Waals surface area (Å²) in [6.07, 6.45) is 21.4. The Hall–Kier alpha value is -10.1. The minimum atomic E-state index is -4.32. The standard InChI is InChI=1S/C61H65N9O7S2.C15H14N8O.Na.H/c1-60(2)50-16-5-7-18-52(50)69(36-9-11-38-78(72,73)74)55(60)33-29-45-14-13-15-46(30-34-56-61(3,4)51-17-6-8-19-53(51)70(56)37-10-12-39-79(75,76)77)58(45)47-25-22-44(23-26-47)40-63-66-57-35-31-49(41-62-57)54(71)32-24-43-20-27-48(28-21-43)59-67-64-42-65-68-59;16-21-13-6-5-12(8-17-13)15(24)18-7-10-1-3-11(4-2-10)14-22-19-9-20-23-14;;/h5-8,16-23,25-31,33-35,40-42H,9-15,24,32,36-39H2,1-4H3,(H2,72,73,74,75,76,77);1-6,8-9H,7,16H2,(H,17,21)(H,18,24);;/q;;+1;-1/b45-29+,55-33-;;;. The zero-order valence-corrected chi connectivity index (χ0v) is 62.1. The maximum Gasteiger partial charge on any atom is 1.00 e. The Labute approximate surface area is 628 Å². The van der Waals surface area contributed by atoms with Crippen molar-refractivity contribution < 1.29 is 71.1 Å². The number of nitrogens with zero attached hydrogens (tertiary/aromatic N) is 13. The minimum Gasteiger partial charge on any atom is -1.00 e. The molecule has 5 aromatic carbocycles. The molecular weight excluding hydrogens is 1370 g/mol. The van der Waals surface area contributed by atoms with Gasteiger partial charge < -0.3 is 21.6 Å². The number of pyridine rings is 2. The maximum atomic E-state index is 13.1. The van der Waals surface area contributed by atoms with Crippen LogP contribution in [0.5, 0.6) is 0 Å². The maximum absolute atomic E-state index is 13.1. The van der Waals surface area contributed by atoms with Crippen molar-refractivity contribution in [3.8, 4) is 22.8 Å². The molecule has 6 heterocycles. The number of carbonyl (C=O) groups excluding carboxylic acids is 2. The van der Waals surface area contributed by atoms with Gasteiger partial charge in [0.1, 0.15) is 18.2 Å². The number of anilines is 3. The quantitative estimate of drug-likeness (QED) is 0.00471. The zero-order valence-electron chi connectivity index (χ0n) is 59.5. The van der Waals surface area contributed by atoms with Crippen molar-refractivity contribution in [2.24, 2.45) is 10.9 Å². The Morgan fingerprint density at radius 1 is 0.673 bits per heavy atom. The molecule has 0 spiro atoms. The van der Waals surface area contributed by atoms with Crippen LogP contribution in [0.1, 0.15) is 135 Å². The van der Waals surface area contributed by atoms with E-state index in [-0.39, 0.29) is 65.7 Å². The van der Waals surface area contributed by atoms with Gasteiger partial charge in [0.05, 0.1) is 33.1 Å². The predicted octanol–water partition coefficient (Wildman–Crippen LogP) is 8.42. The number of fused-ring (bicyclic) bond motifs is 2. The molecule has 6 N–H and O–H groups in total. The van der Waals surface area contributed by atoms with Crippen molar-refractivity contribution >= 4 is 72.4 Å². The van der Waals surface area contributed by atoms with Crippen LogP contribution in [0, 0.1) is 0 Å². The summed E-state index contributed by atoms with van der Waals surface area (Å²) >= 11 is 0. The van der Waals surface area contributed by atoms with E-state index in [0.29, 0.717) is 86.1 Å². The van der Waals surface area contributed by atoms with Gasteiger partial charge in [0.15, 0.2) is 24.1 Å². The molecule has 0 atom stereocenters. The number of ketones is 1. The van der Waals surface area contributed by atoms with Gasteiger partial charge in [-0.3, -0.25) is 19.6 Å².